The van der Waals surface area contributed by atoms with E-state index in [1.807, 2.05) is 13.0 Å². The number of hydrogen-bond donors (Lipinski definition) is 0. The number of methoxy groups -OCH3 is 1. The minimum Gasteiger partial charge on any atom is -0.474 e. The van der Waals surface area contributed by atoms with Crippen LogP contribution in [0.15, 0.2) is 43.5 Å². The van der Waals surface area contributed by atoms with Crippen molar-refractivity contribution in [3.8, 4) is 18.1 Å². The van der Waals surface area contributed by atoms with Gasteiger partial charge in [-0.15, -0.1) is 6.42 Å². The molecule has 0 radical (unpaired) electrons. The number of terminal acetylenes is 1. The highest BCUT2D eigenvalue weighted by atomic mass is 16.6. The summed E-state index contributed by atoms with van der Waals surface area (Å²) in [5, 5.41) is 11.6. The fourth-order valence-electron chi connectivity index (χ4n) is 13.7. The Morgan fingerprint density at radius 3 is 2.16 bits per heavy atom. The third-order valence-electron chi connectivity index (χ3n) is 18.1. The van der Waals surface area contributed by atoms with Crippen LogP contribution in [0.25, 0.3) is 0 Å². The van der Waals surface area contributed by atoms with Gasteiger partial charge in [-0.25, -0.2) is 4.79 Å². The van der Waals surface area contributed by atoms with E-state index in [-0.39, 0.29) is 85.5 Å². The molecule has 400 valence electrons. The summed E-state index contributed by atoms with van der Waals surface area (Å²) < 4.78 is 55.4. The topological polar surface area (TPSA) is 229 Å². The van der Waals surface area contributed by atoms with Crippen molar-refractivity contribution < 1.29 is 70.8 Å². The number of nitrogens with zero attached hydrogens (tertiary/aromatic N) is 1. The molecule has 18 nitrogen and oxygen atoms in total. The van der Waals surface area contributed by atoms with Gasteiger partial charge in [-0.05, 0) is 136 Å². The number of benzene rings is 1. The summed E-state index contributed by atoms with van der Waals surface area (Å²) in [4.78, 5) is 80.9. The van der Waals surface area contributed by atoms with E-state index in [0.29, 0.717) is 77.1 Å². The van der Waals surface area contributed by atoms with Gasteiger partial charge < -0.3 is 46.7 Å². The van der Waals surface area contributed by atoms with Crippen LogP contribution in [-0.2, 0) is 65.5 Å². The maximum atomic E-state index is 15.3. The van der Waals surface area contributed by atoms with E-state index in [9.17, 15) is 29.3 Å². The Labute approximate surface area is 427 Å². The van der Waals surface area contributed by atoms with Crippen molar-refractivity contribution in [1.82, 2.24) is 0 Å². The van der Waals surface area contributed by atoms with E-state index in [0.717, 1.165) is 24.8 Å². The fourth-order valence-corrected chi connectivity index (χ4v) is 13.7. The average Bonchev–Trinajstić information content (AvgIpc) is 3.68. The number of hydrogen-bond acceptors (Lipinski definition) is 17. The van der Waals surface area contributed by atoms with E-state index in [1.165, 1.54) is 25.1 Å². The van der Waals surface area contributed by atoms with Gasteiger partial charge in [0.2, 0.25) is 0 Å². The summed E-state index contributed by atoms with van der Waals surface area (Å²) in [5.74, 6) is -0.982. The van der Waals surface area contributed by atoms with Crippen LogP contribution in [-0.4, -0.2) is 94.7 Å². The Hall–Kier alpha value is -5.35. The van der Waals surface area contributed by atoms with Gasteiger partial charge in [0.05, 0.1) is 63.0 Å². The molecule has 1 heterocycles. The average molecular weight is 1020 g/mol. The molecule has 4 fully saturated rings. The summed E-state index contributed by atoms with van der Waals surface area (Å²) >= 11 is 0. The molecule has 1 aromatic carbocycles. The Bertz CT molecular complexity index is 2520. The van der Waals surface area contributed by atoms with Crippen LogP contribution in [0.3, 0.4) is 0 Å². The third-order valence-corrected chi connectivity index (χ3v) is 18.1. The van der Waals surface area contributed by atoms with Crippen molar-refractivity contribution in [3.05, 3.63) is 67.7 Å². The predicted molar refractivity (Wildman–Crippen MR) is 262 cm³/mol. The van der Waals surface area contributed by atoms with Crippen molar-refractivity contribution in [3.63, 3.8) is 0 Å². The van der Waals surface area contributed by atoms with E-state index in [4.69, 9.17) is 53.2 Å². The minimum absolute atomic E-state index is 0.00832. The van der Waals surface area contributed by atoms with Crippen molar-refractivity contribution in [2.45, 2.75) is 132 Å². The molecule has 0 saturated heterocycles. The van der Waals surface area contributed by atoms with Gasteiger partial charge in [-0.2, -0.15) is 0 Å². The molecule has 73 heavy (non-hydrogen) atoms. The van der Waals surface area contributed by atoms with E-state index >= 15 is 4.79 Å². The number of ether oxygens (including phenoxy) is 8. The maximum absolute atomic E-state index is 15.3. The standard InChI is InChI=1S/C55H73NO17/c1-10-22-68-41-30-36(11-12-39(41)56(62)63)33-69-47(59)51(4)19-18-50(3)20-21-53(6)37(38(50)32-51)31-40(57)46-52(5)16-14-44(73-45(58)15-23-65-26-27-67-29-28-66-25-24-64-9)55(8,43(52)13-17-54(46,53)7)48(60)70-34-42-35(2)71-49(61)72-42/h1,11-12,30-31,38,43-44,46H,13-29,32-34H2,2-9H3/t38-,43+,44-,46+,50+,51-,52-,53+,54+,55-/m0/s1. The molecule has 7 rings (SSSR count). The second kappa shape index (κ2) is 22.2. The molecule has 18 heteroatoms. The summed E-state index contributed by atoms with van der Waals surface area (Å²) in [5.41, 5.74) is -2.86. The van der Waals surface area contributed by atoms with E-state index in [1.54, 1.807) is 14.0 Å². The highest BCUT2D eigenvalue weighted by molar-refractivity contribution is 5.96. The zero-order valence-electron chi connectivity index (χ0n) is 43.7. The number of nitro groups is 1. The largest absolute Gasteiger partial charge is 0.519 e. The number of aryl methyl sites for hydroxylation is 1. The Kier molecular flexibility index (Phi) is 16.9. The lowest BCUT2D eigenvalue weighted by Crippen LogP contribution is -2.68. The molecule has 0 bridgehead atoms. The summed E-state index contributed by atoms with van der Waals surface area (Å²) in [6.07, 6.45) is 11.7. The molecular formula is C55H73NO17. The molecule has 1 aromatic heterocycles. The highest BCUT2D eigenvalue weighted by Gasteiger charge is 2.72. The first-order valence-electron chi connectivity index (χ1n) is 25.6. The molecule has 0 N–H and O–H groups in total. The number of fused-ring (bicyclic) bond motifs is 7. The first-order chi connectivity index (χ1) is 34.6. The van der Waals surface area contributed by atoms with Gasteiger partial charge >= 0.3 is 29.4 Å². The molecule has 5 aliphatic rings. The van der Waals surface area contributed by atoms with E-state index in [2.05, 4.69) is 33.6 Å². The number of rotatable bonds is 22. The van der Waals surface area contributed by atoms with Crippen molar-refractivity contribution >= 4 is 29.4 Å². The molecule has 0 unspecified atom stereocenters. The predicted octanol–water partition coefficient (Wildman–Crippen LogP) is 8.21. The molecule has 0 spiro atoms. The smallest absolute Gasteiger partial charge is 0.474 e. The minimum atomic E-state index is -1.41. The van der Waals surface area contributed by atoms with Gasteiger partial charge in [-0.3, -0.25) is 29.3 Å². The third kappa shape index (κ3) is 10.8. The summed E-state index contributed by atoms with van der Waals surface area (Å²) in [7, 11) is 1.60. The number of esters is 3. The highest BCUT2D eigenvalue weighted by Crippen LogP contribution is 2.75. The van der Waals surface area contributed by atoms with Gasteiger partial charge in [-0.1, -0.05) is 39.2 Å². The zero-order valence-corrected chi connectivity index (χ0v) is 43.7. The lowest BCUT2D eigenvalue weighted by Gasteiger charge is -2.70. The first kappa shape index (κ1) is 55.4. The van der Waals surface area contributed by atoms with Gasteiger partial charge in [0.25, 0.3) is 0 Å². The monoisotopic (exact) mass is 1020 g/mol. The summed E-state index contributed by atoms with van der Waals surface area (Å²) in [6.45, 7) is 15.9. The lowest BCUT2D eigenvalue weighted by molar-refractivity contribution is -0.385. The second-order valence-electron chi connectivity index (χ2n) is 22.3. The number of carbonyl (C=O) groups excluding carboxylic acids is 4. The number of ketones is 1. The number of allylic oxidation sites excluding steroid dienone is 2. The van der Waals surface area contributed by atoms with Crippen molar-refractivity contribution in [1.29, 1.82) is 0 Å². The molecular weight excluding hydrogens is 947 g/mol. The van der Waals surface area contributed by atoms with Crippen molar-refractivity contribution in [2.24, 2.45) is 50.2 Å². The van der Waals surface area contributed by atoms with Crippen LogP contribution < -0.4 is 10.6 Å². The van der Waals surface area contributed by atoms with Crippen LogP contribution in [0.4, 0.5) is 5.69 Å². The molecule has 0 aliphatic heterocycles. The number of carbonyl (C=O) groups is 4. The summed E-state index contributed by atoms with van der Waals surface area (Å²) in [6, 6.07) is 4.30. The molecule has 2 aromatic rings. The molecule has 10 atom stereocenters. The molecule has 5 aliphatic carbocycles. The molecule has 0 amide bonds. The first-order valence-corrected chi connectivity index (χ1v) is 25.6. The van der Waals surface area contributed by atoms with Crippen LogP contribution in [0.1, 0.15) is 123 Å². The van der Waals surface area contributed by atoms with Crippen LogP contribution in [0.5, 0.6) is 5.75 Å². The van der Waals surface area contributed by atoms with Gasteiger partial charge in [0.15, 0.2) is 29.7 Å². The van der Waals surface area contributed by atoms with Crippen LogP contribution in [0, 0.1) is 79.6 Å². The Balaban J connectivity index is 1.09. The van der Waals surface area contributed by atoms with Gasteiger partial charge in [0, 0.05) is 19.1 Å². The number of nitro benzene ring substituents is 1. The second-order valence-corrected chi connectivity index (χ2v) is 22.3. The quantitative estimate of drug-likeness (QED) is 0.0270. The van der Waals surface area contributed by atoms with Crippen LogP contribution >= 0.6 is 0 Å². The van der Waals surface area contributed by atoms with Gasteiger partial charge in [0.1, 0.15) is 24.7 Å². The SMILES string of the molecule is C#CCOc1cc(COC(=O)[C@@]2(C)CC[C@]3(C)CC[C@]4(C)C(=CC(=O)[C@@H]5[C@@]6(C)CC[C@H](OC(=O)CCOCCOCCOCCOC)[C@@](C)(C(=O)OCc7oc(=O)oc7C)[C@@H]6CC[C@]54C)[C@@H]3C2)ccc1[N+](=O)[O-]. The molecule has 4 saturated carbocycles. The van der Waals surface area contributed by atoms with Crippen molar-refractivity contribution in [2.75, 3.05) is 60.0 Å². The Morgan fingerprint density at radius 2 is 1.51 bits per heavy atom. The fraction of sp³-hybridized carbons (Fsp3) is 0.691. The Morgan fingerprint density at radius 1 is 0.836 bits per heavy atom. The normalized spacial score (nSPS) is 32.4. The van der Waals surface area contributed by atoms with Crippen LogP contribution in [0.2, 0.25) is 0 Å². The maximum Gasteiger partial charge on any atom is 0.519 e. The van der Waals surface area contributed by atoms with E-state index < -0.39 is 67.7 Å². The zero-order chi connectivity index (χ0) is 53.0. The lowest BCUT2D eigenvalue weighted by atomic mass is 9.33.